The van der Waals surface area contributed by atoms with Gasteiger partial charge in [0.2, 0.25) is 0 Å². The Bertz CT molecular complexity index is 312. The zero-order valence-electron chi connectivity index (χ0n) is 8.78. The summed E-state index contributed by atoms with van der Waals surface area (Å²) in [5.74, 6) is 0.0845. The summed E-state index contributed by atoms with van der Waals surface area (Å²) >= 11 is 0. The number of rotatable bonds is 4. The van der Waals surface area contributed by atoms with Crippen molar-refractivity contribution < 1.29 is 9.90 Å². The zero-order valence-corrected chi connectivity index (χ0v) is 8.78. The SMILES string of the molecule is O=C(O)CC(c1cc[nH]c1)C1CCCC1. The highest BCUT2D eigenvalue weighted by atomic mass is 16.4. The average molecular weight is 207 g/mol. The van der Waals surface area contributed by atoms with Gasteiger partial charge in [-0.25, -0.2) is 0 Å². The average Bonchev–Trinajstić information content (AvgIpc) is 2.87. The molecule has 15 heavy (non-hydrogen) atoms. The van der Waals surface area contributed by atoms with E-state index in [1.807, 2.05) is 18.5 Å². The Morgan fingerprint density at radius 2 is 2.27 bits per heavy atom. The van der Waals surface area contributed by atoms with Crippen LogP contribution in [0.25, 0.3) is 0 Å². The lowest BCUT2D eigenvalue weighted by molar-refractivity contribution is -0.137. The van der Waals surface area contributed by atoms with Crippen LogP contribution in [-0.2, 0) is 4.79 Å². The Kier molecular flexibility index (Phi) is 3.09. The lowest BCUT2D eigenvalue weighted by atomic mass is 9.84. The lowest BCUT2D eigenvalue weighted by Gasteiger charge is -2.20. The van der Waals surface area contributed by atoms with Crippen LogP contribution in [-0.4, -0.2) is 16.1 Å². The molecule has 1 saturated carbocycles. The summed E-state index contributed by atoms with van der Waals surface area (Å²) in [5.41, 5.74) is 1.16. The molecule has 3 nitrogen and oxygen atoms in total. The maximum Gasteiger partial charge on any atom is 0.303 e. The Hall–Kier alpha value is -1.25. The summed E-state index contributed by atoms with van der Waals surface area (Å²) in [6.07, 6.45) is 8.95. The first-order chi connectivity index (χ1) is 7.27. The van der Waals surface area contributed by atoms with E-state index < -0.39 is 5.97 Å². The van der Waals surface area contributed by atoms with Crippen LogP contribution in [0.15, 0.2) is 18.5 Å². The number of carboxylic acid groups (broad SMARTS) is 1. The minimum Gasteiger partial charge on any atom is -0.481 e. The summed E-state index contributed by atoms with van der Waals surface area (Å²) in [6.45, 7) is 0. The lowest BCUT2D eigenvalue weighted by Crippen LogP contribution is -2.13. The number of hydrogen-bond donors (Lipinski definition) is 2. The van der Waals surface area contributed by atoms with Gasteiger partial charge in [0.25, 0.3) is 0 Å². The van der Waals surface area contributed by atoms with Gasteiger partial charge in [-0.05, 0) is 36.3 Å². The Morgan fingerprint density at radius 1 is 1.53 bits per heavy atom. The van der Waals surface area contributed by atoms with E-state index in [-0.39, 0.29) is 12.3 Å². The zero-order chi connectivity index (χ0) is 10.7. The van der Waals surface area contributed by atoms with E-state index in [0.717, 1.165) is 5.56 Å². The third-order valence-corrected chi connectivity index (χ3v) is 3.41. The third kappa shape index (κ3) is 2.41. The van der Waals surface area contributed by atoms with Gasteiger partial charge in [0.1, 0.15) is 0 Å². The minimum atomic E-state index is -0.687. The highest BCUT2D eigenvalue weighted by molar-refractivity contribution is 5.68. The maximum absolute atomic E-state index is 10.9. The van der Waals surface area contributed by atoms with Gasteiger partial charge in [-0.2, -0.15) is 0 Å². The molecule has 0 aromatic carbocycles. The van der Waals surface area contributed by atoms with Gasteiger partial charge < -0.3 is 10.1 Å². The molecule has 1 fully saturated rings. The van der Waals surface area contributed by atoms with Crippen LogP contribution in [0.4, 0.5) is 0 Å². The fraction of sp³-hybridized carbons (Fsp3) is 0.583. The fourth-order valence-corrected chi connectivity index (χ4v) is 2.67. The van der Waals surface area contributed by atoms with Crippen LogP contribution in [0.5, 0.6) is 0 Å². The number of aromatic nitrogens is 1. The molecule has 0 amide bonds. The topological polar surface area (TPSA) is 53.1 Å². The number of aromatic amines is 1. The number of hydrogen-bond acceptors (Lipinski definition) is 1. The van der Waals surface area contributed by atoms with Gasteiger partial charge in [-0.1, -0.05) is 12.8 Å². The first-order valence-electron chi connectivity index (χ1n) is 5.62. The van der Waals surface area contributed by atoms with E-state index in [1.54, 1.807) is 0 Å². The molecule has 0 radical (unpaired) electrons. The van der Waals surface area contributed by atoms with Crippen LogP contribution in [0.1, 0.15) is 43.6 Å². The maximum atomic E-state index is 10.9. The van der Waals surface area contributed by atoms with Gasteiger partial charge in [0, 0.05) is 12.4 Å². The monoisotopic (exact) mass is 207 g/mol. The van der Waals surface area contributed by atoms with E-state index in [0.29, 0.717) is 5.92 Å². The molecular weight excluding hydrogens is 190 g/mol. The molecule has 0 spiro atoms. The molecule has 3 heteroatoms. The molecule has 0 bridgehead atoms. The molecule has 82 valence electrons. The Labute approximate surface area is 89.5 Å². The van der Waals surface area contributed by atoms with E-state index in [9.17, 15) is 4.79 Å². The van der Waals surface area contributed by atoms with Gasteiger partial charge in [-0.3, -0.25) is 4.79 Å². The molecule has 1 aromatic heterocycles. The number of carbonyl (C=O) groups is 1. The summed E-state index contributed by atoms with van der Waals surface area (Å²) in [5, 5.41) is 8.93. The molecular formula is C12H17NO2. The Balaban J connectivity index is 2.12. The van der Waals surface area contributed by atoms with Crippen molar-refractivity contribution in [3.63, 3.8) is 0 Å². The molecule has 0 saturated heterocycles. The minimum absolute atomic E-state index is 0.205. The predicted molar refractivity (Wildman–Crippen MR) is 57.7 cm³/mol. The van der Waals surface area contributed by atoms with Crippen LogP contribution in [0.3, 0.4) is 0 Å². The van der Waals surface area contributed by atoms with E-state index in [1.165, 1.54) is 25.7 Å². The molecule has 1 aliphatic rings. The van der Waals surface area contributed by atoms with Crippen LogP contribution >= 0.6 is 0 Å². The Morgan fingerprint density at radius 3 is 2.80 bits per heavy atom. The van der Waals surface area contributed by atoms with Crippen LogP contribution in [0, 0.1) is 5.92 Å². The van der Waals surface area contributed by atoms with Crippen molar-refractivity contribution in [3.05, 3.63) is 24.0 Å². The molecule has 1 aromatic rings. The highest BCUT2D eigenvalue weighted by Gasteiger charge is 2.28. The van der Waals surface area contributed by atoms with Crippen LogP contribution in [0.2, 0.25) is 0 Å². The molecule has 0 aliphatic heterocycles. The number of aliphatic carboxylic acids is 1. The second-order valence-corrected chi connectivity index (χ2v) is 4.39. The first kappa shape index (κ1) is 10.3. The standard InChI is InChI=1S/C12H17NO2/c14-12(15)7-11(9-3-1-2-4-9)10-5-6-13-8-10/h5-6,8-9,11,13H,1-4,7H2,(H,14,15). The predicted octanol–water partition coefficient (Wildman–Crippen LogP) is 2.76. The molecule has 1 unspecified atom stereocenters. The smallest absolute Gasteiger partial charge is 0.303 e. The van der Waals surface area contributed by atoms with Crippen molar-refractivity contribution in [3.8, 4) is 0 Å². The van der Waals surface area contributed by atoms with Gasteiger partial charge in [-0.15, -0.1) is 0 Å². The number of H-pyrrole nitrogens is 1. The van der Waals surface area contributed by atoms with E-state index >= 15 is 0 Å². The third-order valence-electron chi connectivity index (χ3n) is 3.41. The van der Waals surface area contributed by atoms with Gasteiger partial charge >= 0.3 is 5.97 Å². The first-order valence-corrected chi connectivity index (χ1v) is 5.62. The molecule has 2 N–H and O–H groups in total. The van der Waals surface area contributed by atoms with Gasteiger partial charge in [0.05, 0.1) is 6.42 Å². The summed E-state index contributed by atoms with van der Waals surface area (Å²) in [7, 11) is 0. The van der Waals surface area contributed by atoms with Crippen molar-refractivity contribution in [2.24, 2.45) is 5.92 Å². The van der Waals surface area contributed by atoms with Crippen molar-refractivity contribution in [2.75, 3.05) is 0 Å². The highest BCUT2D eigenvalue weighted by Crippen LogP contribution is 2.39. The summed E-state index contributed by atoms with van der Waals surface area (Å²) < 4.78 is 0. The van der Waals surface area contributed by atoms with E-state index in [4.69, 9.17) is 5.11 Å². The molecule has 1 atom stereocenters. The van der Waals surface area contributed by atoms with Crippen LogP contribution < -0.4 is 0 Å². The van der Waals surface area contributed by atoms with Crippen molar-refractivity contribution in [1.29, 1.82) is 0 Å². The summed E-state index contributed by atoms with van der Waals surface area (Å²) in [6, 6.07) is 2.01. The van der Waals surface area contributed by atoms with Gasteiger partial charge in [0.15, 0.2) is 0 Å². The molecule has 1 aliphatic carbocycles. The second-order valence-electron chi connectivity index (χ2n) is 4.39. The summed E-state index contributed by atoms with van der Waals surface area (Å²) in [4.78, 5) is 13.9. The van der Waals surface area contributed by atoms with Crippen molar-refractivity contribution in [1.82, 2.24) is 4.98 Å². The van der Waals surface area contributed by atoms with Crippen molar-refractivity contribution in [2.45, 2.75) is 38.0 Å². The normalized spacial score (nSPS) is 19.2. The quantitative estimate of drug-likeness (QED) is 0.797. The van der Waals surface area contributed by atoms with E-state index in [2.05, 4.69) is 4.98 Å². The largest absolute Gasteiger partial charge is 0.481 e. The number of nitrogens with one attached hydrogen (secondary N) is 1. The molecule has 2 rings (SSSR count). The second kappa shape index (κ2) is 4.51. The molecule has 1 heterocycles. The van der Waals surface area contributed by atoms with Crippen molar-refractivity contribution >= 4 is 5.97 Å². The number of carboxylic acids is 1. The fourth-order valence-electron chi connectivity index (χ4n) is 2.67.